The molecule has 31 heavy (non-hydrogen) atoms. The van der Waals surface area contributed by atoms with Gasteiger partial charge in [-0.25, -0.2) is 9.18 Å². The fourth-order valence-corrected chi connectivity index (χ4v) is 3.79. The lowest BCUT2D eigenvalue weighted by atomic mass is 9.88. The highest BCUT2D eigenvalue weighted by molar-refractivity contribution is 7.80. The lowest BCUT2D eigenvalue weighted by molar-refractivity contribution is 0.204. The topological polar surface area (TPSA) is 128 Å². The average Bonchev–Trinajstić information content (AvgIpc) is 3.44. The molecule has 1 fully saturated rings. The summed E-state index contributed by atoms with van der Waals surface area (Å²) in [5.74, 6) is -1.37. The summed E-state index contributed by atoms with van der Waals surface area (Å²) in [6.07, 6.45) is 0.982. The van der Waals surface area contributed by atoms with Gasteiger partial charge in [-0.3, -0.25) is 5.41 Å². The van der Waals surface area contributed by atoms with Crippen molar-refractivity contribution >= 4 is 36.2 Å². The summed E-state index contributed by atoms with van der Waals surface area (Å²) >= 11 is 10.2. The van der Waals surface area contributed by atoms with E-state index in [0.717, 1.165) is 39.5 Å². The van der Waals surface area contributed by atoms with Gasteiger partial charge in [-0.05, 0) is 73.2 Å². The van der Waals surface area contributed by atoms with Crippen LogP contribution in [0.15, 0.2) is 35.2 Å². The molecule has 1 amide bonds. The van der Waals surface area contributed by atoms with Gasteiger partial charge in [0, 0.05) is 21.4 Å². The molecule has 1 saturated carbocycles. The molecule has 0 saturated heterocycles. The van der Waals surface area contributed by atoms with Crippen LogP contribution in [-0.2, 0) is 10.3 Å². The van der Waals surface area contributed by atoms with Crippen molar-refractivity contribution in [2.24, 2.45) is 17.2 Å². The average molecular weight is 467 g/mol. The maximum absolute atomic E-state index is 13.9. The molecule has 2 aromatic rings. The molecule has 9 heteroatoms. The van der Waals surface area contributed by atoms with Crippen LogP contribution in [0.1, 0.15) is 47.9 Å². The number of nitrogens with two attached hydrogens (primary N) is 3. The number of aryl methyl sites for hydroxylation is 1. The van der Waals surface area contributed by atoms with Crippen molar-refractivity contribution in [3.63, 3.8) is 0 Å². The number of hydrogen-bond donors (Lipinski definition) is 5. The number of halogens is 2. The van der Waals surface area contributed by atoms with Crippen molar-refractivity contribution in [3.8, 4) is 0 Å². The second-order valence-corrected chi connectivity index (χ2v) is 8.74. The Morgan fingerprint density at radius 3 is 2.45 bits per heavy atom. The van der Waals surface area contributed by atoms with E-state index >= 15 is 0 Å². The molecule has 0 aliphatic heterocycles. The Morgan fingerprint density at radius 1 is 1.29 bits per heavy atom. The van der Waals surface area contributed by atoms with Crippen LogP contribution in [-0.4, -0.2) is 18.0 Å². The molecule has 2 aromatic carbocycles. The van der Waals surface area contributed by atoms with Crippen LogP contribution in [0, 0.1) is 25.1 Å². The molecule has 2 atom stereocenters. The zero-order valence-corrected chi connectivity index (χ0v) is 19.4. The lowest BCUT2D eigenvalue weighted by Gasteiger charge is -2.23. The van der Waals surface area contributed by atoms with E-state index in [0.29, 0.717) is 5.56 Å². The summed E-state index contributed by atoms with van der Waals surface area (Å²) < 4.78 is 18.3. The first-order valence-electron chi connectivity index (χ1n) is 9.72. The standard InChI is InChI=1S/C13H18FN3O2.C9H10ClNS/c1-6-4-5-9(14)10(7(6)2)8(3)11(15)12(16)19-13(17)18;10-6-1-2-8(12)7(5-6)9(11)3-4-9/h4-5,8,11,16H,15H2,1-3H3,(H2,17,18);1-2,5,12H,3-4,11H2. The smallest absolute Gasteiger partial charge is 0.394 e. The van der Waals surface area contributed by atoms with Crippen LogP contribution in [0.5, 0.6) is 0 Å². The maximum atomic E-state index is 13.9. The van der Waals surface area contributed by atoms with E-state index in [1.54, 1.807) is 19.9 Å². The summed E-state index contributed by atoms with van der Waals surface area (Å²) in [4.78, 5) is 11.5. The fourth-order valence-electron chi connectivity index (χ4n) is 3.26. The van der Waals surface area contributed by atoms with Crippen molar-refractivity contribution in [1.82, 2.24) is 0 Å². The molecule has 0 bridgehead atoms. The van der Waals surface area contributed by atoms with E-state index in [1.165, 1.54) is 6.07 Å². The van der Waals surface area contributed by atoms with E-state index in [9.17, 15) is 9.18 Å². The van der Waals surface area contributed by atoms with E-state index in [1.807, 2.05) is 25.1 Å². The van der Waals surface area contributed by atoms with Gasteiger partial charge >= 0.3 is 6.09 Å². The zero-order valence-electron chi connectivity index (χ0n) is 17.7. The Balaban J connectivity index is 0.000000242. The molecule has 168 valence electrons. The summed E-state index contributed by atoms with van der Waals surface area (Å²) in [6, 6.07) is 7.74. The summed E-state index contributed by atoms with van der Waals surface area (Å²) in [5.41, 5.74) is 19.7. The number of nitrogens with one attached hydrogen (secondary N) is 1. The quantitative estimate of drug-likeness (QED) is 0.257. The van der Waals surface area contributed by atoms with Crippen molar-refractivity contribution in [1.29, 1.82) is 5.41 Å². The third kappa shape index (κ3) is 6.20. The van der Waals surface area contributed by atoms with E-state index in [4.69, 9.17) is 34.2 Å². The van der Waals surface area contributed by atoms with Crippen molar-refractivity contribution in [2.75, 3.05) is 0 Å². The van der Waals surface area contributed by atoms with Gasteiger partial charge in [-0.2, -0.15) is 0 Å². The van der Waals surface area contributed by atoms with Crippen LogP contribution in [0.3, 0.4) is 0 Å². The summed E-state index contributed by atoms with van der Waals surface area (Å²) in [6.45, 7) is 5.33. The molecule has 6 nitrogen and oxygen atoms in total. The number of ether oxygens (including phenoxy) is 1. The lowest BCUT2D eigenvalue weighted by Crippen LogP contribution is -2.39. The molecular formula is C22H28ClFN4O2S. The molecule has 0 heterocycles. The normalized spacial score (nSPS) is 15.9. The molecule has 0 radical (unpaired) electrons. The highest BCUT2D eigenvalue weighted by Crippen LogP contribution is 2.45. The maximum Gasteiger partial charge on any atom is 0.411 e. The second-order valence-electron chi connectivity index (χ2n) is 7.82. The number of carbonyl (C=O) groups excluding carboxylic acids is 1. The van der Waals surface area contributed by atoms with Gasteiger partial charge in [0.25, 0.3) is 0 Å². The van der Waals surface area contributed by atoms with E-state index in [2.05, 4.69) is 17.4 Å². The first-order chi connectivity index (χ1) is 14.4. The van der Waals surface area contributed by atoms with Gasteiger partial charge in [-0.15, -0.1) is 12.6 Å². The molecular weight excluding hydrogens is 439 g/mol. The number of amides is 1. The number of thiol groups is 1. The van der Waals surface area contributed by atoms with Gasteiger partial charge in [0.15, 0.2) is 0 Å². The minimum Gasteiger partial charge on any atom is -0.394 e. The largest absolute Gasteiger partial charge is 0.411 e. The van der Waals surface area contributed by atoms with E-state index < -0.39 is 29.8 Å². The van der Waals surface area contributed by atoms with E-state index in [-0.39, 0.29) is 5.54 Å². The monoisotopic (exact) mass is 466 g/mol. The Labute approximate surface area is 192 Å². The third-order valence-electron chi connectivity index (χ3n) is 5.52. The summed E-state index contributed by atoms with van der Waals surface area (Å²) in [5, 5.41) is 8.26. The molecule has 0 aromatic heterocycles. The molecule has 1 aliphatic carbocycles. The first-order valence-corrected chi connectivity index (χ1v) is 10.5. The van der Waals surface area contributed by atoms with Crippen LogP contribution < -0.4 is 17.2 Å². The SMILES string of the molecule is Cc1ccc(F)c(C(C)C(N)C(=N)OC(N)=O)c1C.NC1(c2cc(Cl)ccc2S)CC1. The van der Waals surface area contributed by atoms with Crippen molar-refractivity contribution < 1.29 is 13.9 Å². The zero-order chi connectivity index (χ0) is 23.5. The molecule has 7 N–H and O–H groups in total. The predicted octanol–water partition coefficient (Wildman–Crippen LogP) is 4.52. The number of benzene rings is 2. The van der Waals surface area contributed by atoms with Gasteiger partial charge in [-0.1, -0.05) is 24.6 Å². The van der Waals surface area contributed by atoms with Crippen molar-refractivity contribution in [3.05, 3.63) is 63.4 Å². The second kappa shape index (κ2) is 9.99. The van der Waals surface area contributed by atoms with Gasteiger partial charge in [0.05, 0.1) is 6.04 Å². The fraction of sp³-hybridized carbons (Fsp3) is 0.364. The Morgan fingerprint density at radius 2 is 1.90 bits per heavy atom. The number of rotatable bonds is 4. The van der Waals surface area contributed by atoms with Crippen LogP contribution in [0.4, 0.5) is 9.18 Å². The van der Waals surface area contributed by atoms with Gasteiger partial charge in [0.2, 0.25) is 5.90 Å². The third-order valence-corrected chi connectivity index (χ3v) is 6.15. The summed E-state index contributed by atoms with van der Waals surface area (Å²) in [7, 11) is 0. The minimum atomic E-state index is -1.10. The number of primary amides is 1. The van der Waals surface area contributed by atoms with Crippen LogP contribution >= 0.6 is 24.2 Å². The van der Waals surface area contributed by atoms with Crippen LogP contribution in [0.2, 0.25) is 5.02 Å². The van der Waals surface area contributed by atoms with Gasteiger partial charge < -0.3 is 21.9 Å². The molecule has 2 unspecified atom stereocenters. The highest BCUT2D eigenvalue weighted by Gasteiger charge is 2.41. The Kier molecular flexibility index (Phi) is 8.10. The Hall–Kier alpha value is -2.13. The number of carbonyl (C=O) groups is 1. The minimum absolute atomic E-state index is 0.137. The van der Waals surface area contributed by atoms with Gasteiger partial charge in [0.1, 0.15) is 5.82 Å². The number of hydrogen-bond acceptors (Lipinski definition) is 6. The first kappa shape index (κ1) is 25.1. The predicted molar refractivity (Wildman–Crippen MR) is 124 cm³/mol. The molecule has 0 spiro atoms. The van der Waals surface area contributed by atoms with Crippen LogP contribution in [0.25, 0.3) is 0 Å². The Bertz CT molecular complexity index is 998. The molecule has 1 aliphatic rings. The highest BCUT2D eigenvalue weighted by atomic mass is 35.5. The van der Waals surface area contributed by atoms with Crippen molar-refractivity contribution in [2.45, 2.75) is 56.0 Å². The molecule has 3 rings (SSSR count).